The Morgan fingerprint density at radius 2 is 2.11 bits per heavy atom. The van der Waals surface area contributed by atoms with Gasteiger partial charge < -0.3 is 5.32 Å². The molecule has 1 heterocycles. The lowest BCUT2D eigenvalue weighted by atomic mass is 10.1. The van der Waals surface area contributed by atoms with Gasteiger partial charge in [0.2, 0.25) is 10.0 Å². The molecular weight excluding hydrogens is 250 g/mol. The summed E-state index contributed by atoms with van der Waals surface area (Å²) in [7, 11) is -3.20. The monoisotopic (exact) mass is 271 g/mol. The Hall–Kier alpha value is -0.980. The zero-order valence-electron chi connectivity index (χ0n) is 11.3. The van der Waals surface area contributed by atoms with Crippen LogP contribution in [0.15, 0.2) is 24.5 Å². The Labute approximate surface area is 109 Å². The summed E-state index contributed by atoms with van der Waals surface area (Å²) in [4.78, 5) is 4.06. The lowest BCUT2D eigenvalue weighted by Gasteiger charge is -2.27. The van der Waals surface area contributed by atoms with Gasteiger partial charge in [0.1, 0.15) is 0 Å². The second-order valence-corrected chi connectivity index (χ2v) is 6.90. The number of hydrogen-bond donors (Lipinski definition) is 2. The zero-order valence-corrected chi connectivity index (χ0v) is 12.1. The summed E-state index contributed by atoms with van der Waals surface area (Å²) in [5.41, 5.74) is 0.553. The fourth-order valence-electron chi connectivity index (χ4n) is 1.70. The van der Waals surface area contributed by atoms with E-state index in [4.69, 9.17) is 0 Å². The summed E-state index contributed by atoms with van der Waals surface area (Å²) in [5, 5.41) is 3.29. The molecular formula is C12H21N3O2S. The molecule has 0 aliphatic carbocycles. The number of sulfonamides is 1. The predicted octanol–water partition coefficient (Wildman–Crippen LogP) is 1.06. The van der Waals surface area contributed by atoms with Gasteiger partial charge in [-0.2, -0.15) is 0 Å². The first-order valence-electron chi connectivity index (χ1n) is 5.82. The van der Waals surface area contributed by atoms with E-state index in [-0.39, 0.29) is 6.04 Å². The molecule has 1 aromatic rings. The lowest BCUT2D eigenvalue weighted by Crippen LogP contribution is -2.50. The van der Waals surface area contributed by atoms with Crippen LogP contribution in [0.25, 0.3) is 0 Å². The summed E-state index contributed by atoms with van der Waals surface area (Å²) in [6.07, 6.45) is 4.69. The Kier molecular flexibility index (Phi) is 4.84. The molecule has 0 aromatic carbocycles. The van der Waals surface area contributed by atoms with Crippen LogP contribution in [0.3, 0.4) is 0 Å². The van der Waals surface area contributed by atoms with E-state index in [1.165, 1.54) is 6.26 Å². The molecule has 5 nitrogen and oxygen atoms in total. The van der Waals surface area contributed by atoms with Crippen LogP contribution in [0.2, 0.25) is 0 Å². The number of nitrogens with one attached hydrogen (secondary N) is 2. The minimum Gasteiger partial charge on any atom is -0.308 e. The van der Waals surface area contributed by atoms with E-state index in [0.717, 1.165) is 5.56 Å². The van der Waals surface area contributed by atoms with Crippen molar-refractivity contribution < 1.29 is 8.42 Å². The second-order valence-electron chi connectivity index (χ2n) is 5.15. The number of aromatic nitrogens is 1. The van der Waals surface area contributed by atoms with E-state index >= 15 is 0 Å². The van der Waals surface area contributed by atoms with Gasteiger partial charge in [0, 0.05) is 30.5 Å². The highest BCUT2D eigenvalue weighted by Crippen LogP contribution is 2.11. The molecule has 0 amide bonds. The van der Waals surface area contributed by atoms with Gasteiger partial charge in [-0.1, -0.05) is 6.07 Å². The van der Waals surface area contributed by atoms with Crippen LogP contribution in [-0.4, -0.2) is 31.7 Å². The summed E-state index contributed by atoms with van der Waals surface area (Å²) in [6, 6.07) is 3.99. The summed E-state index contributed by atoms with van der Waals surface area (Å²) in [6.45, 7) is 6.25. The first-order valence-corrected chi connectivity index (χ1v) is 7.71. The highest BCUT2D eigenvalue weighted by molar-refractivity contribution is 7.88. The number of hydrogen-bond acceptors (Lipinski definition) is 4. The van der Waals surface area contributed by atoms with Crippen molar-refractivity contribution in [2.24, 2.45) is 0 Å². The molecule has 0 spiro atoms. The molecule has 1 rings (SSSR count). The van der Waals surface area contributed by atoms with E-state index in [2.05, 4.69) is 15.0 Å². The van der Waals surface area contributed by atoms with Crippen LogP contribution in [0, 0.1) is 0 Å². The van der Waals surface area contributed by atoms with Crippen LogP contribution in [-0.2, 0) is 10.0 Å². The van der Waals surface area contributed by atoms with Crippen molar-refractivity contribution >= 4 is 10.0 Å². The van der Waals surface area contributed by atoms with Crippen molar-refractivity contribution in [3.8, 4) is 0 Å². The van der Waals surface area contributed by atoms with Crippen molar-refractivity contribution in [1.29, 1.82) is 0 Å². The quantitative estimate of drug-likeness (QED) is 0.811. The smallest absolute Gasteiger partial charge is 0.209 e. The third-order valence-corrected chi connectivity index (χ3v) is 3.42. The van der Waals surface area contributed by atoms with Gasteiger partial charge in [-0.3, -0.25) is 4.98 Å². The van der Waals surface area contributed by atoms with Gasteiger partial charge in [0.05, 0.1) is 6.26 Å². The Balaban J connectivity index is 2.55. The standard InChI is InChI=1S/C12H21N3O2S/c1-10(11-6-5-7-13-8-11)14-9-12(2,3)15-18(4,16)17/h5-8,10,14-15H,9H2,1-4H3. The molecule has 0 radical (unpaired) electrons. The van der Waals surface area contributed by atoms with Crippen molar-refractivity contribution in [3.63, 3.8) is 0 Å². The molecule has 1 atom stereocenters. The number of pyridine rings is 1. The fraction of sp³-hybridized carbons (Fsp3) is 0.583. The van der Waals surface area contributed by atoms with Crippen LogP contribution >= 0.6 is 0 Å². The Morgan fingerprint density at radius 3 is 2.61 bits per heavy atom. The highest BCUT2D eigenvalue weighted by Gasteiger charge is 2.22. The second kappa shape index (κ2) is 5.77. The SMILES string of the molecule is CC(NCC(C)(C)NS(C)(=O)=O)c1cccnc1. The number of rotatable bonds is 6. The third kappa shape index (κ3) is 5.57. The zero-order chi connectivity index (χ0) is 13.8. The molecule has 6 heteroatoms. The van der Waals surface area contributed by atoms with Gasteiger partial charge >= 0.3 is 0 Å². The van der Waals surface area contributed by atoms with Crippen LogP contribution in [0.1, 0.15) is 32.4 Å². The summed E-state index contributed by atoms with van der Waals surface area (Å²) >= 11 is 0. The first-order chi connectivity index (χ1) is 8.20. The molecule has 1 aromatic heterocycles. The van der Waals surface area contributed by atoms with Gasteiger partial charge in [0.15, 0.2) is 0 Å². The van der Waals surface area contributed by atoms with E-state index in [1.54, 1.807) is 12.4 Å². The van der Waals surface area contributed by atoms with E-state index in [0.29, 0.717) is 6.54 Å². The van der Waals surface area contributed by atoms with Crippen LogP contribution < -0.4 is 10.0 Å². The third-order valence-electron chi connectivity index (χ3n) is 2.50. The lowest BCUT2D eigenvalue weighted by molar-refractivity contribution is 0.399. The van der Waals surface area contributed by atoms with Crippen molar-refractivity contribution in [2.45, 2.75) is 32.4 Å². The van der Waals surface area contributed by atoms with Crippen molar-refractivity contribution in [2.75, 3.05) is 12.8 Å². The molecule has 0 saturated carbocycles. The van der Waals surface area contributed by atoms with E-state index < -0.39 is 15.6 Å². The maximum atomic E-state index is 11.2. The van der Waals surface area contributed by atoms with E-state index in [9.17, 15) is 8.42 Å². The largest absolute Gasteiger partial charge is 0.308 e. The van der Waals surface area contributed by atoms with Crippen LogP contribution in [0.4, 0.5) is 0 Å². The molecule has 0 bridgehead atoms. The normalized spacial score (nSPS) is 14.4. The molecule has 0 aliphatic heterocycles. The van der Waals surface area contributed by atoms with Gasteiger partial charge in [0.25, 0.3) is 0 Å². The maximum absolute atomic E-state index is 11.2. The molecule has 2 N–H and O–H groups in total. The predicted molar refractivity (Wildman–Crippen MR) is 72.7 cm³/mol. The average Bonchev–Trinajstić information content (AvgIpc) is 2.24. The maximum Gasteiger partial charge on any atom is 0.209 e. The Morgan fingerprint density at radius 1 is 1.44 bits per heavy atom. The van der Waals surface area contributed by atoms with Crippen LogP contribution in [0.5, 0.6) is 0 Å². The van der Waals surface area contributed by atoms with Crippen molar-refractivity contribution in [1.82, 2.24) is 15.0 Å². The molecule has 0 saturated heterocycles. The average molecular weight is 271 g/mol. The van der Waals surface area contributed by atoms with Crippen molar-refractivity contribution in [3.05, 3.63) is 30.1 Å². The molecule has 0 fully saturated rings. The highest BCUT2D eigenvalue weighted by atomic mass is 32.2. The number of nitrogens with zero attached hydrogens (tertiary/aromatic N) is 1. The van der Waals surface area contributed by atoms with Gasteiger partial charge in [-0.25, -0.2) is 13.1 Å². The minimum atomic E-state index is -3.20. The Bertz CT molecular complexity index is 471. The topological polar surface area (TPSA) is 71.1 Å². The molecule has 1 unspecified atom stereocenters. The fourth-order valence-corrected chi connectivity index (χ4v) is 2.77. The molecule has 18 heavy (non-hydrogen) atoms. The molecule has 102 valence electrons. The first kappa shape index (κ1) is 15.1. The minimum absolute atomic E-state index is 0.124. The van der Waals surface area contributed by atoms with Gasteiger partial charge in [-0.15, -0.1) is 0 Å². The van der Waals surface area contributed by atoms with Gasteiger partial charge in [-0.05, 0) is 32.4 Å². The van der Waals surface area contributed by atoms with E-state index in [1.807, 2.05) is 32.9 Å². The summed E-state index contributed by atoms with van der Waals surface area (Å²) in [5.74, 6) is 0. The molecule has 0 aliphatic rings. The summed E-state index contributed by atoms with van der Waals surface area (Å²) < 4.78 is 25.0.